The molecule has 1 aromatic carbocycles. The fourth-order valence-corrected chi connectivity index (χ4v) is 2.99. The maximum Gasteiger partial charge on any atom is 0.157 e. The van der Waals surface area contributed by atoms with E-state index in [9.17, 15) is 5.26 Å². The van der Waals surface area contributed by atoms with Crippen LogP contribution in [0.15, 0.2) is 53.3 Å². The highest BCUT2D eigenvalue weighted by Gasteiger charge is 2.30. The van der Waals surface area contributed by atoms with E-state index in [2.05, 4.69) is 21.3 Å². The summed E-state index contributed by atoms with van der Waals surface area (Å²) >= 11 is 0. The summed E-state index contributed by atoms with van der Waals surface area (Å²) in [4.78, 5) is 2.16. The molecule has 0 N–H and O–H groups in total. The lowest BCUT2D eigenvalue weighted by molar-refractivity contribution is 0.0223. The molecule has 1 aliphatic rings. The zero-order valence-corrected chi connectivity index (χ0v) is 13.6. The topological polar surface area (TPSA) is 80.1 Å². The molecule has 0 radical (unpaired) electrons. The number of nitriles is 1. The predicted molar refractivity (Wildman–Crippen MR) is 88.1 cm³/mol. The average Bonchev–Trinajstić information content (AvgIpc) is 3.38. The van der Waals surface area contributed by atoms with Crippen molar-refractivity contribution in [1.82, 2.24) is 19.9 Å². The Kier molecular flexibility index (Phi) is 4.29. The first-order valence-electron chi connectivity index (χ1n) is 8.09. The van der Waals surface area contributed by atoms with E-state index >= 15 is 0 Å². The van der Waals surface area contributed by atoms with Crippen molar-refractivity contribution in [2.45, 2.75) is 19.3 Å². The van der Waals surface area contributed by atoms with Crippen molar-refractivity contribution in [3.05, 3.63) is 71.4 Å². The lowest BCUT2D eigenvalue weighted by Gasteiger charge is -2.19. The van der Waals surface area contributed by atoms with Crippen molar-refractivity contribution in [3.63, 3.8) is 0 Å². The van der Waals surface area contributed by atoms with Gasteiger partial charge >= 0.3 is 0 Å². The highest BCUT2D eigenvalue weighted by Crippen LogP contribution is 2.27. The third-order valence-electron chi connectivity index (χ3n) is 4.20. The quantitative estimate of drug-likeness (QED) is 0.712. The highest BCUT2D eigenvalue weighted by molar-refractivity contribution is 5.37. The highest BCUT2D eigenvalue weighted by atomic mass is 16.5. The van der Waals surface area contributed by atoms with Crippen molar-refractivity contribution < 1.29 is 9.15 Å². The lowest BCUT2D eigenvalue weighted by atomic mass is 10.1. The van der Waals surface area contributed by atoms with Gasteiger partial charge in [0.05, 0.1) is 43.8 Å². The zero-order chi connectivity index (χ0) is 17.1. The summed E-state index contributed by atoms with van der Waals surface area (Å²) in [6.45, 7) is 2.63. The van der Waals surface area contributed by atoms with Gasteiger partial charge in [-0.05, 0) is 23.8 Å². The van der Waals surface area contributed by atoms with E-state index in [0.717, 1.165) is 23.6 Å². The van der Waals surface area contributed by atoms with E-state index in [4.69, 9.17) is 9.15 Å². The molecular formula is C18H17N5O2. The molecule has 0 aliphatic carbocycles. The van der Waals surface area contributed by atoms with E-state index in [1.165, 1.54) is 0 Å². The van der Waals surface area contributed by atoms with Gasteiger partial charge in [-0.1, -0.05) is 23.4 Å². The van der Waals surface area contributed by atoms with Crippen molar-refractivity contribution in [2.24, 2.45) is 0 Å². The summed E-state index contributed by atoms with van der Waals surface area (Å²) in [6.07, 6.45) is 3.31. The Morgan fingerprint density at radius 1 is 1.20 bits per heavy atom. The molecule has 0 bridgehead atoms. The normalized spacial score (nSPS) is 17.6. The van der Waals surface area contributed by atoms with Crippen molar-refractivity contribution in [1.29, 1.82) is 5.26 Å². The van der Waals surface area contributed by atoms with Crippen LogP contribution < -0.4 is 0 Å². The Balaban J connectivity index is 1.49. The zero-order valence-electron chi connectivity index (χ0n) is 13.6. The number of rotatable bonds is 5. The number of hydrogen-bond acceptors (Lipinski definition) is 6. The van der Waals surface area contributed by atoms with E-state index < -0.39 is 0 Å². The standard InChI is InChI=1S/C18H17N5O2/c19-10-14-4-1-2-5-15(14)11-23-13-17(20-21-23)18-22(7-9-25-18)12-16-6-3-8-24-16/h1-6,8,13,18H,7,9,11-12H2/t18-/m0/s1. The van der Waals surface area contributed by atoms with Gasteiger partial charge in [-0.25, -0.2) is 4.68 Å². The molecule has 126 valence electrons. The Labute approximate surface area is 145 Å². The maximum atomic E-state index is 9.20. The molecule has 7 heteroatoms. The van der Waals surface area contributed by atoms with Crippen LogP contribution >= 0.6 is 0 Å². The Morgan fingerprint density at radius 3 is 2.96 bits per heavy atom. The van der Waals surface area contributed by atoms with Gasteiger partial charge in [0, 0.05) is 6.54 Å². The largest absolute Gasteiger partial charge is 0.468 e. The second kappa shape index (κ2) is 6.89. The summed E-state index contributed by atoms with van der Waals surface area (Å²) in [6, 6.07) is 13.5. The molecular weight excluding hydrogens is 318 g/mol. The number of aromatic nitrogens is 3. The summed E-state index contributed by atoms with van der Waals surface area (Å²) in [5.41, 5.74) is 2.33. The van der Waals surface area contributed by atoms with Crippen LogP contribution in [0.4, 0.5) is 0 Å². The van der Waals surface area contributed by atoms with E-state index in [1.807, 2.05) is 36.5 Å². The molecule has 3 heterocycles. The monoisotopic (exact) mass is 335 g/mol. The van der Waals surface area contributed by atoms with Gasteiger partial charge in [0.2, 0.25) is 0 Å². The van der Waals surface area contributed by atoms with Crippen molar-refractivity contribution >= 4 is 0 Å². The van der Waals surface area contributed by atoms with Gasteiger partial charge in [0.25, 0.3) is 0 Å². The van der Waals surface area contributed by atoms with Crippen LogP contribution in [0.3, 0.4) is 0 Å². The summed E-state index contributed by atoms with van der Waals surface area (Å²) in [5, 5.41) is 17.7. The third kappa shape index (κ3) is 3.31. The van der Waals surface area contributed by atoms with E-state index in [0.29, 0.717) is 25.3 Å². The molecule has 0 amide bonds. The predicted octanol–water partition coefficient (Wildman–Crippen LogP) is 2.32. The van der Waals surface area contributed by atoms with Gasteiger partial charge in [-0.3, -0.25) is 4.90 Å². The number of furan rings is 1. The molecule has 1 fully saturated rings. The van der Waals surface area contributed by atoms with Crippen LogP contribution in [0.1, 0.15) is 28.8 Å². The molecule has 0 unspecified atom stereocenters. The first-order chi connectivity index (χ1) is 12.3. The SMILES string of the molecule is N#Cc1ccccc1Cn1cc([C@@H]2OCCN2Cc2ccco2)nn1. The fraction of sp³-hybridized carbons (Fsp3) is 0.278. The second-order valence-electron chi connectivity index (χ2n) is 5.88. The van der Waals surface area contributed by atoms with Crippen LogP contribution in [0, 0.1) is 11.3 Å². The van der Waals surface area contributed by atoms with E-state index in [-0.39, 0.29) is 6.23 Å². The van der Waals surface area contributed by atoms with Crippen LogP contribution in [-0.4, -0.2) is 33.0 Å². The van der Waals surface area contributed by atoms with Crippen LogP contribution in [0.2, 0.25) is 0 Å². The van der Waals surface area contributed by atoms with Crippen molar-refractivity contribution in [3.8, 4) is 6.07 Å². The van der Waals surface area contributed by atoms with Gasteiger partial charge in [0.1, 0.15) is 11.5 Å². The van der Waals surface area contributed by atoms with Gasteiger partial charge in [-0.2, -0.15) is 5.26 Å². The summed E-state index contributed by atoms with van der Waals surface area (Å²) in [5.74, 6) is 0.894. The molecule has 4 rings (SSSR count). The minimum atomic E-state index is -0.231. The lowest BCUT2D eigenvalue weighted by Crippen LogP contribution is -2.23. The number of nitrogens with zero attached hydrogens (tertiary/aromatic N) is 5. The Bertz CT molecular complexity index is 881. The van der Waals surface area contributed by atoms with Crippen LogP contribution in [0.5, 0.6) is 0 Å². The maximum absolute atomic E-state index is 9.20. The van der Waals surface area contributed by atoms with Gasteiger partial charge in [0.15, 0.2) is 6.23 Å². The van der Waals surface area contributed by atoms with Crippen LogP contribution in [-0.2, 0) is 17.8 Å². The smallest absolute Gasteiger partial charge is 0.157 e. The number of hydrogen-bond donors (Lipinski definition) is 0. The average molecular weight is 335 g/mol. The number of ether oxygens (including phenoxy) is 1. The first-order valence-corrected chi connectivity index (χ1v) is 8.09. The Hall–Kier alpha value is -2.95. The minimum Gasteiger partial charge on any atom is -0.468 e. The molecule has 0 spiro atoms. The molecule has 1 aliphatic heterocycles. The molecule has 3 aromatic rings. The summed E-state index contributed by atoms with van der Waals surface area (Å²) in [7, 11) is 0. The Morgan fingerprint density at radius 2 is 2.12 bits per heavy atom. The van der Waals surface area contributed by atoms with E-state index in [1.54, 1.807) is 17.0 Å². The molecule has 1 atom stereocenters. The first kappa shape index (κ1) is 15.6. The molecule has 7 nitrogen and oxygen atoms in total. The minimum absolute atomic E-state index is 0.231. The van der Waals surface area contributed by atoms with Gasteiger partial charge < -0.3 is 9.15 Å². The van der Waals surface area contributed by atoms with Crippen LogP contribution in [0.25, 0.3) is 0 Å². The van der Waals surface area contributed by atoms with Gasteiger partial charge in [-0.15, -0.1) is 5.10 Å². The molecule has 1 saturated heterocycles. The molecule has 25 heavy (non-hydrogen) atoms. The third-order valence-corrected chi connectivity index (χ3v) is 4.20. The molecule has 2 aromatic heterocycles. The summed E-state index contributed by atoms with van der Waals surface area (Å²) < 4.78 is 13.0. The van der Waals surface area contributed by atoms with Crippen molar-refractivity contribution in [2.75, 3.05) is 13.2 Å². The second-order valence-corrected chi connectivity index (χ2v) is 5.88. The fourth-order valence-electron chi connectivity index (χ4n) is 2.99. The molecule has 0 saturated carbocycles. The number of benzene rings is 1.